The number of carbonyl (C=O) groups is 1. The van der Waals surface area contributed by atoms with Crippen LogP contribution < -0.4 is 11.3 Å². The van der Waals surface area contributed by atoms with Crippen LogP contribution in [0.1, 0.15) is 31.3 Å². The summed E-state index contributed by atoms with van der Waals surface area (Å²) in [6.07, 6.45) is 7.00. The monoisotopic (exact) mass is 372 g/mol. The molecule has 0 spiro atoms. The minimum atomic E-state index is -0.425. The predicted octanol–water partition coefficient (Wildman–Crippen LogP) is 2.37. The first-order chi connectivity index (χ1) is 12.4. The molecule has 136 valence electrons. The summed E-state index contributed by atoms with van der Waals surface area (Å²) in [7, 11) is 0. The van der Waals surface area contributed by atoms with Crippen molar-refractivity contribution < 1.29 is 9.53 Å². The third kappa shape index (κ3) is 3.60. The average Bonchev–Trinajstić information content (AvgIpc) is 2.96. The molecular formula is C18H20N4O3S. The van der Waals surface area contributed by atoms with E-state index < -0.39 is 5.56 Å². The van der Waals surface area contributed by atoms with Crippen molar-refractivity contribution in [2.45, 2.75) is 27.2 Å². The first-order valence-corrected chi connectivity index (χ1v) is 9.17. The Kier molecular flexibility index (Phi) is 5.03. The van der Waals surface area contributed by atoms with E-state index in [1.165, 1.54) is 21.9 Å². The van der Waals surface area contributed by atoms with Crippen LogP contribution in [0.4, 0.5) is 5.82 Å². The van der Waals surface area contributed by atoms with Gasteiger partial charge in [-0.25, -0.2) is 0 Å². The molecule has 0 aliphatic heterocycles. The Bertz CT molecular complexity index is 1010. The zero-order valence-corrected chi connectivity index (χ0v) is 15.7. The molecule has 0 bridgehead atoms. The molecule has 0 aromatic carbocycles. The van der Waals surface area contributed by atoms with Gasteiger partial charge in [-0.3, -0.25) is 9.59 Å². The van der Waals surface area contributed by atoms with Gasteiger partial charge in [0.2, 0.25) is 10.7 Å². The van der Waals surface area contributed by atoms with Crippen LogP contribution in [0.2, 0.25) is 0 Å². The summed E-state index contributed by atoms with van der Waals surface area (Å²) in [4.78, 5) is 28.8. The van der Waals surface area contributed by atoms with Gasteiger partial charge in [-0.05, 0) is 36.6 Å². The maximum atomic E-state index is 12.4. The van der Waals surface area contributed by atoms with E-state index in [0.717, 1.165) is 11.4 Å². The van der Waals surface area contributed by atoms with Crippen molar-refractivity contribution in [3.8, 4) is 0 Å². The first-order valence-electron chi connectivity index (χ1n) is 8.35. The SMILES string of the molecule is CCOC1=CC(=Cc2c(N)n3nc(CC(C)C)sc3nc2=O)C=CC1=O. The summed E-state index contributed by atoms with van der Waals surface area (Å²) >= 11 is 1.37. The average molecular weight is 372 g/mol. The Morgan fingerprint density at radius 1 is 1.35 bits per heavy atom. The normalized spacial score (nSPS) is 15.9. The van der Waals surface area contributed by atoms with Gasteiger partial charge in [-0.1, -0.05) is 31.3 Å². The second-order valence-electron chi connectivity index (χ2n) is 6.29. The van der Waals surface area contributed by atoms with Gasteiger partial charge in [-0.2, -0.15) is 14.6 Å². The predicted molar refractivity (Wildman–Crippen MR) is 102 cm³/mol. The fourth-order valence-corrected chi connectivity index (χ4v) is 3.64. The van der Waals surface area contributed by atoms with Gasteiger partial charge in [0.1, 0.15) is 10.8 Å². The van der Waals surface area contributed by atoms with Gasteiger partial charge in [0, 0.05) is 6.42 Å². The number of allylic oxidation sites excluding steroid dienone is 4. The van der Waals surface area contributed by atoms with Gasteiger partial charge in [0.05, 0.1) is 12.2 Å². The number of hydrogen-bond donors (Lipinski definition) is 1. The zero-order chi connectivity index (χ0) is 18.8. The third-order valence-corrected chi connectivity index (χ3v) is 4.63. The number of nitrogens with zero attached hydrogens (tertiary/aromatic N) is 3. The van der Waals surface area contributed by atoms with Crippen LogP contribution >= 0.6 is 11.3 Å². The molecule has 8 heteroatoms. The van der Waals surface area contributed by atoms with Gasteiger partial charge in [0.15, 0.2) is 5.76 Å². The molecule has 2 aromatic rings. The summed E-state index contributed by atoms with van der Waals surface area (Å²) in [5, 5.41) is 5.35. The lowest BCUT2D eigenvalue weighted by Gasteiger charge is -2.10. The molecule has 0 saturated heterocycles. The van der Waals surface area contributed by atoms with Crippen LogP contribution in [0.15, 0.2) is 34.4 Å². The van der Waals surface area contributed by atoms with E-state index in [1.54, 1.807) is 25.2 Å². The maximum Gasteiger partial charge on any atom is 0.283 e. The van der Waals surface area contributed by atoms with Gasteiger partial charge in [0.25, 0.3) is 5.56 Å². The number of ether oxygens (including phenoxy) is 1. The molecule has 0 atom stereocenters. The zero-order valence-electron chi connectivity index (χ0n) is 14.9. The molecule has 2 aromatic heterocycles. The van der Waals surface area contributed by atoms with Crippen molar-refractivity contribution in [2.24, 2.45) is 5.92 Å². The lowest BCUT2D eigenvalue weighted by Crippen LogP contribution is -2.17. The van der Waals surface area contributed by atoms with Crippen LogP contribution in [0, 0.1) is 5.92 Å². The number of carbonyl (C=O) groups excluding carboxylic acids is 1. The Labute approximate surface area is 154 Å². The van der Waals surface area contributed by atoms with Crippen molar-refractivity contribution in [1.29, 1.82) is 0 Å². The molecule has 3 rings (SSSR count). The summed E-state index contributed by atoms with van der Waals surface area (Å²) in [6.45, 7) is 6.38. The van der Waals surface area contributed by atoms with E-state index in [4.69, 9.17) is 10.5 Å². The number of nitrogens with two attached hydrogens (primary N) is 1. The summed E-state index contributed by atoms with van der Waals surface area (Å²) in [5.41, 5.74) is 6.63. The molecule has 7 nitrogen and oxygen atoms in total. The van der Waals surface area contributed by atoms with Crippen molar-refractivity contribution in [3.05, 3.63) is 50.5 Å². The summed E-state index contributed by atoms with van der Waals surface area (Å²) in [6, 6.07) is 0. The number of anilines is 1. The van der Waals surface area contributed by atoms with E-state index >= 15 is 0 Å². The highest BCUT2D eigenvalue weighted by Gasteiger charge is 2.16. The molecule has 0 radical (unpaired) electrons. The molecule has 2 heterocycles. The molecule has 0 amide bonds. The van der Waals surface area contributed by atoms with E-state index in [0.29, 0.717) is 23.1 Å². The fourth-order valence-electron chi connectivity index (χ4n) is 2.54. The largest absolute Gasteiger partial charge is 0.490 e. The van der Waals surface area contributed by atoms with Crippen LogP contribution in [-0.2, 0) is 16.0 Å². The minimum absolute atomic E-state index is 0.208. The van der Waals surface area contributed by atoms with Gasteiger partial charge < -0.3 is 10.5 Å². The van der Waals surface area contributed by atoms with Crippen molar-refractivity contribution in [1.82, 2.24) is 14.6 Å². The third-order valence-electron chi connectivity index (χ3n) is 3.70. The number of ketones is 1. The number of fused-ring (bicyclic) bond motifs is 1. The number of aromatic nitrogens is 3. The highest BCUT2D eigenvalue weighted by molar-refractivity contribution is 7.16. The Morgan fingerprint density at radius 2 is 2.12 bits per heavy atom. The molecule has 2 N–H and O–H groups in total. The quantitative estimate of drug-likeness (QED) is 0.865. The standard InChI is InChI=1S/C18H20N4O3S/c1-4-25-14-9-11(5-6-13(14)23)8-12-16(19)22-18(20-17(12)24)26-15(21-22)7-10(2)3/h5-6,8-10H,4,7,19H2,1-3H3. The van der Waals surface area contributed by atoms with Crippen molar-refractivity contribution >= 4 is 34.0 Å². The molecule has 1 aliphatic carbocycles. The molecule has 0 unspecified atom stereocenters. The van der Waals surface area contributed by atoms with Gasteiger partial charge >= 0.3 is 0 Å². The summed E-state index contributed by atoms with van der Waals surface area (Å²) < 4.78 is 6.81. The lowest BCUT2D eigenvalue weighted by molar-refractivity contribution is -0.114. The second-order valence-corrected chi connectivity index (χ2v) is 7.33. The molecule has 0 fully saturated rings. The number of nitrogen functional groups attached to an aromatic ring is 1. The van der Waals surface area contributed by atoms with Crippen LogP contribution in [0.25, 0.3) is 11.0 Å². The van der Waals surface area contributed by atoms with Crippen LogP contribution in [0.3, 0.4) is 0 Å². The highest BCUT2D eigenvalue weighted by atomic mass is 32.1. The Hall–Kier alpha value is -2.74. The highest BCUT2D eigenvalue weighted by Crippen LogP contribution is 2.22. The Morgan fingerprint density at radius 3 is 2.81 bits per heavy atom. The van der Waals surface area contributed by atoms with E-state index in [1.807, 2.05) is 0 Å². The maximum absolute atomic E-state index is 12.4. The van der Waals surface area contributed by atoms with E-state index in [2.05, 4.69) is 23.9 Å². The fraction of sp³-hybridized carbons (Fsp3) is 0.333. The van der Waals surface area contributed by atoms with E-state index in [-0.39, 0.29) is 22.9 Å². The topological polar surface area (TPSA) is 99.6 Å². The first kappa shape index (κ1) is 18.1. The molecule has 26 heavy (non-hydrogen) atoms. The van der Waals surface area contributed by atoms with E-state index in [9.17, 15) is 9.59 Å². The number of rotatable bonds is 5. The molecular weight excluding hydrogens is 352 g/mol. The Balaban J connectivity index is 2.06. The van der Waals surface area contributed by atoms with Crippen LogP contribution in [-0.4, -0.2) is 27.0 Å². The lowest BCUT2D eigenvalue weighted by atomic mass is 10.0. The van der Waals surface area contributed by atoms with Crippen LogP contribution in [0.5, 0.6) is 0 Å². The number of hydrogen-bond acceptors (Lipinski definition) is 7. The minimum Gasteiger partial charge on any atom is -0.490 e. The van der Waals surface area contributed by atoms with Crippen molar-refractivity contribution in [2.75, 3.05) is 12.3 Å². The molecule has 1 aliphatic rings. The van der Waals surface area contributed by atoms with Crippen molar-refractivity contribution in [3.63, 3.8) is 0 Å². The van der Waals surface area contributed by atoms with Gasteiger partial charge in [-0.15, -0.1) is 0 Å². The molecule has 0 saturated carbocycles. The smallest absolute Gasteiger partial charge is 0.283 e. The summed E-state index contributed by atoms with van der Waals surface area (Å²) in [5.74, 6) is 0.704. The second kappa shape index (κ2) is 7.25.